The number of rotatable bonds is 2. The average Bonchev–Trinajstić information content (AvgIpc) is 2.74. The lowest BCUT2D eigenvalue weighted by Crippen LogP contribution is -1.99. The van der Waals surface area contributed by atoms with Gasteiger partial charge in [0.05, 0.1) is 0 Å². The van der Waals surface area contributed by atoms with Crippen molar-refractivity contribution in [1.82, 2.24) is 0 Å². The Balaban J connectivity index is 1.84. The van der Waals surface area contributed by atoms with Crippen molar-refractivity contribution >= 4 is 32.3 Å². The van der Waals surface area contributed by atoms with Crippen LogP contribution >= 0.6 is 0 Å². The third-order valence-corrected chi connectivity index (χ3v) is 5.20. The molecule has 0 aliphatic carbocycles. The molecule has 26 heavy (non-hydrogen) atoms. The third kappa shape index (κ3) is 2.29. The van der Waals surface area contributed by atoms with Crippen LogP contribution < -0.4 is 0 Å². The first-order valence-corrected chi connectivity index (χ1v) is 8.89. The zero-order chi connectivity index (χ0) is 17.5. The van der Waals surface area contributed by atoms with E-state index in [1.54, 1.807) is 0 Å². The van der Waals surface area contributed by atoms with Crippen molar-refractivity contribution in [1.29, 1.82) is 0 Å². The fraction of sp³-hybridized carbons (Fsp3) is 0.0400. The molecule has 1 nitrogen and oxygen atoms in total. The van der Waals surface area contributed by atoms with Crippen LogP contribution in [-0.2, 0) is 0 Å². The zero-order valence-corrected chi connectivity index (χ0v) is 14.3. The van der Waals surface area contributed by atoms with Crippen LogP contribution in [0.3, 0.4) is 0 Å². The molecule has 1 atom stereocenters. The van der Waals surface area contributed by atoms with Gasteiger partial charge in [0.25, 0.3) is 0 Å². The van der Waals surface area contributed by atoms with Crippen molar-refractivity contribution in [3.63, 3.8) is 0 Å². The molecule has 0 aliphatic heterocycles. The van der Waals surface area contributed by atoms with Crippen molar-refractivity contribution in [2.75, 3.05) is 0 Å². The molecule has 0 aliphatic rings. The Labute approximate surface area is 152 Å². The summed E-state index contributed by atoms with van der Waals surface area (Å²) in [4.78, 5) is 0. The van der Waals surface area contributed by atoms with E-state index >= 15 is 0 Å². The van der Waals surface area contributed by atoms with Gasteiger partial charge in [-0.05, 0) is 49.5 Å². The van der Waals surface area contributed by atoms with Crippen molar-refractivity contribution in [2.24, 2.45) is 0 Å². The summed E-state index contributed by atoms with van der Waals surface area (Å²) >= 11 is 0. The van der Waals surface area contributed by atoms with E-state index in [-0.39, 0.29) is 0 Å². The van der Waals surface area contributed by atoms with Gasteiger partial charge in [-0.3, -0.25) is 0 Å². The first-order valence-electron chi connectivity index (χ1n) is 8.89. The van der Waals surface area contributed by atoms with Gasteiger partial charge in [-0.15, -0.1) is 0 Å². The molecule has 0 bridgehead atoms. The molecule has 0 radical (unpaired) electrons. The normalized spacial score (nSPS) is 12.7. The van der Waals surface area contributed by atoms with E-state index in [2.05, 4.69) is 60.7 Å². The molecule has 0 saturated carbocycles. The minimum Gasteiger partial charge on any atom is -0.384 e. The Kier molecular flexibility index (Phi) is 3.48. The summed E-state index contributed by atoms with van der Waals surface area (Å²) in [6.07, 6.45) is -0.620. The Bertz CT molecular complexity index is 1200. The van der Waals surface area contributed by atoms with Crippen molar-refractivity contribution in [3.05, 3.63) is 108 Å². The van der Waals surface area contributed by atoms with Gasteiger partial charge >= 0.3 is 0 Å². The summed E-state index contributed by atoms with van der Waals surface area (Å²) in [6, 6.07) is 33.2. The van der Waals surface area contributed by atoms with Gasteiger partial charge in [-0.1, -0.05) is 91.0 Å². The van der Waals surface area contributed by atoms with E-state index in [1.165, 1.54) is 32.3 Å². The number of aliphatic hydroxyl groups is 1. The van der Waals surface area contributed by atoms with Gasteiger partial charge < -0.3 is 5.11 Å². The molecule has 1 N–H and O–H groups in total. The van der Waals surface area contributed by atoms with E-state index < -0.39 is 6.10 Å². The van der Waals surface area contributed by atoms with Crippen LogP contribution in [-0.4, -0.2) is 5.11 Å². The number of hydrogen-bond acceptors (Lipinski definition) is 1. The highest BCUT2D eigenvalue weighted by Gasteiger charge is 2.13. The van der Waals surface area contributed by atoms with Gasteiger partial charge in [0.2, 0.25) is 0 Å². The third-order valence-electron chi connectivity index (χ3n) is 5.20. The lowest BCUT2D eigenvalue weighted by atomic mass is 9.91. The molecule has 0 spiro atoms. The van der Waals surface area contributed by atoms with Gasteiger partial charge in [-0.25, -0.2) is 0 Å². The Morgan fingerprint density at radius 2 is 0.885 bits per heavy atom. The lowest BCUT2D eigenvalue weighted by molar-refractivity contribution is 0.220. The minimum absolute atomic E-state index is 0.620. The van der Waals surface area contributed by atoms with E-state index in [0.29, 0.717) is 0 Å². The topological polar surface area (TPSA) is 20.2 Å². The summed E-state index contributed by atoms with van der Waals surface area (Å²) in [5.41, 5.74) is 1.83. The summed E-state index contributed by atoms with van der Waals surface area (Å²) in [5, 5.41) is 18.2. The summed E-state index contributed by atoms with van der Waals surface area (Å²) in [5.74, 6) is 0. The van der Waals surface area contributed by atoms with Crippen LogP contribution in [0.1, 0.15) is 17.2 Å². The first kappa shape index (κ1) is 15.1. The van der Waals surface area contributed by atoms with Gasteiger partial charge in [-0.2, -0.15) is 0 Å². The number of hydrogen-bond donors (Lipinski definition) is 1. The smallest absolute Gasteiger partial charge is 0.104 e. The molecule has 124 valence electrons. The minimum atomic E-state index is -0.620. The molecule has 0 amide bonds. The highest BCUT2D eigenvalue weighted by molar-refractivity contribution is 6.25. The van der Waals surface area contributed by atoms with Crippen LogP contribution in [0.4, 0.5) is 0 Å². The van der Waals surface area contributed by atoms with E-state index in [9.17, 15) is 5.11 Å². The molecule has 5 aromatic carbocycles. The largest absolute Gasteiger partial charge is 0.384 e. The second-order valence-corrected chi connectivity index (χ2v) is 6.71. The number of aliphatic hydroxyl groups excluding tert-OH is 1. The van der Waals surface area contributed by atoms with Gasteiger partial charge in [0, 0.05) is 0 Å². The second-order valence-electron chi connectivity index (χ2n) is 6.71. The first-order chi connectivity index (χ1) is 12.8. The van der Waals surface area contributed by atoms with Gasteiger partial charge in [0.1, 0.15) is 6.10 Å². The Hall–Kier alpha value is -3.16. The zero-order valence-electron chi connectivity index (χ0n) is 14.3. The van der Waals surface area contributed by atoms with E-state index in [0.717, 1.165) is 11.1 Å². The molecular formula is C25H18O. The van der Waals surface area contributed by atoms with Crippen LogP contribution in [0, 0.1) is 0 Å². The van der Waals surface area contributed by atoms with Crippen molar-refractivity contribution in [3.8, 4) is 0 Å². The summed E-state index contributed by atoms with van der Waals surface area (Å²) in [7, 11) is 0. The molecule has 0 heterocycles. The van der Waals surface area contributed by atoms with Crippen LogP contribution in [0.5, 0.6) is 0 Å². The Morgan fingerprint density at radius 1 is 0.423 bits per heavy atom. The van der Waals surface area contributed by atoms with E-state index in [4.69, 9.17) is 0 Å². The molecule has 0 saturated heterocycles. The maximum absolute atomic E-state index is 10.8. The lowest BCUT2D eigenvalue weighted by Gasteiger charge is -2.15. The highest BCUT2D eigenvalue weighted by Crippen LogP contribution is 2.36. The predicted octanol–water partition coefficient (Wildman–Crippen LogP) is 6.23. The molecule has 5 rings (SSSR count). The summed E-state index contributed by atoms with van der Waals surface area (Å²) < 4.78 is 0. The highest BCUT2D eigenvalue weighted by atomic mass is 16.3. The monoisotopic (exact) mass is 334 g/mol. The number of benzene rings is 5. The van der Waals surface area contributed by atoms with Crippen molar-refractivity contribution in [2.45, 2.75) is 6.10 Å². The maximum atomic E-state index is 10.8. The van der Waals surface area contributed by atoms with E-state index in [1.807, 2.05) is 36.4 Å². The van der Waals surface area contributed by atoms with Gasteiger partial charge in [0.15, 0.2) is 0 Å². The fourth-order valence-corrected chi connectivity index (χ4v) is 3.92. The average molecular weight is 334 g/mol. The van der Waals surface area contributed by atoms with Crippen LogP contribution in [0.25, 0.3) is 32.3 Å². The SMILES string of the molecule is OC(c1ccccc1)c1ccc2c3ccccc3c3ccccc3c2c1. The molecule has 5 aromatic rings. The van der Waals surface area contributed by atoms with Crippen LogP contribution in [0.15, 0.2) is 97.1 Å². The summed E-state index contributed by atoms with van der Waals surface area (Å²) in [6.45, 7) is 0. The van der Waals surface area contributed by atoms with Crippen molar-refractivity contribution < 1.29 is 5.11 Å². The second kappa shape index (κ2) is 5.98. The predicted molar refractivity (Wildman–Crippen MR) is 109 cm³/mol. The molecular weight excluding hydrogens is 316 g/mol. The Morgan fingerprint density at radius 3 is 1.46 bits per heavy atom. The molecule has 0 aromatic heterocycles. The number of fused-ring (bicyclic) bond motifs is 6. The molecule has 1 heteroatoms. The maximum Gasteiger partial charge on any atom is 0.104 e. The molecule has 1 unspecified atom stereocenters. The molecule has 0 fully saturated rings. The standard InChI is InChI=1S/C25H18O/c26-25(17-8-2-1-3-9-17)18-14-15-23-21-12-5-4-10-19(21)20-11-6-7-13-22(20)24(23)16-18/h1-16,25-26H. The van der Waals surface area contributed by atoms with Crippen LogP contribution in [0.2, 0.25) is 0 Å². The fourth-order valence-electron chi connectivity index (χ4n) is 3.92. The quantitative estimate of drug-likeness (QED) is 0.379.